The van der Waals surface area contributed by atoms with Crippen LogP contribution < -0.4 is 14.2 Å². The Morgan fingerprint density at radius 3 is 2.39 bits per heavy atom. The number of phenolic OH excluding ortho intramolecular Hbond substituents is 2. The van der Waals surface area contributed by atoms with Crippen molar-refractivity contribution in [3.63, 3.8) is 0 Å². The highest BCUT2D eigenvalue weighted by Crippen LogP contribution is 2.39. The summed E-state index contributed by atoms with van der Waals surface area (Å²) in [7, 11) is 4.56. The van der Waals surface area contributed by atoms with Gasteiger partial charge in [0, 0.05) is 11.1 Å². The van der Waals surface area contributed by atoms with Crippen molar-refractivity contribution in [2.45, 2.75) is 6.42 Å². The summed E-state index contributed by atoms with van der Waals surface area (Å²) >= 11 is 0. The number of aromatic hydroxyl groups is 2. The van der Waals surface area contributed by atoms with Crippen LogP contribution in [0.5, 0.6) is 28.7 Å². The first-order valence-electron chi connectivity index (χ1n) is 7.07. The van der Waals surface area contributed by atoms with Crippen molar-refractivity contribution >= 4 is 6.08 Å². The summed E-state index contributed by atoms with van der Waals surface area (Å²) in [5.74, 6) is 1.56. The minimum atomic E-state index is -0.0230. The monoisotopic (exact) mass is 316 g/mol. The van der Waals surface area contributed by atoms with Gasteiger partial charge in [-0.1, -0.05) is 18.2 Å². The molecule has 2 aromatic rings. The molecule has 0 heterocycles. The molecule has 0 atom stereocenters. The van der Waals surface area contributed by atoms with Gasteiger partial charge >= 0.3 is 0 Å². The van der Waals surface area contributed by atoms with Crippen LogP contribution in [0.1, 0.15) is 11.1 Å². The molecule has 0 saturated carbocycles. The molecule has 0 aromatic heterocycles. The highest BCUT2D eigenvalue weighted by molar-refractivity contribution is 5.60. The fourth-order valence-corrected chi connectivity index (χ4v) is 2.25. The van der Waals surface area contributed by atoms with E-state index in [1.165, 1.54) is 14.2 Å². The van der Waals surface area contributed by atoms with Crippen LogP contribution in [-0.4, -0.2) is 31.5 Å². The Labute approximate surface area is 135 Å². The first-order chi connectivity index (χ1) is 11.1. The first kappa shape index (κ1) is 16.5. The zero-order valence-corrected chi connectivity index (χ0v) is 13.4. The fourth-order valence-electron chi connectivity index (χ4n) is 2.25. The largest absolute Gasteiger partial charge is 0.507 e. The summed E-state index contributed by atoms with van der Waals surface area (Å²) in [4.78, 5) is 0. The van der Waals surface area contributed by atoms with Crippen molar-refractivity contribution in [2.75, 3.05) is 21.3 Å². The number of hydrogen-bond donors (Lipinski definition) is 2. The molecule has 0 amide bonds. The zero-order valence-electron chi connectivity index (χ0n) is 13.4. The third-order valence-electron chi connectivity index (χ3n) is 3.47. The number of methoxy groups -OCH3 is 3. The number of phenols is 2. The lowest BCUT2D eigenvalue weighted by Gasteiger charge is -2.11. The molecule has 0 aliphatic heterocycles. The van der Waals surface area contributed by atoms with E-state index in [1.54, 1.807) is 37.5 Å². The van der Waals surface area contributed by atoms with Crippen LogP contribution in [0.2, 0.25) is 0 Å². The van der Waals surface area contributed by atoms with Gasteiger partial charge in [0.25, 0.3) is 0 Å². The van der Waals surface area contributed by atoms with Crippen molar-refractivity contribution in [2.24, 2.45) is 0 Å². The second-order valence-corrected chi connectivity index (χ2v) is 4.84. The molecule has 0 aliphatic carbocycles. The van der Waals surface area contributed by atoms with E-state index < -0.39 is 0 Å². The molecular weight excluding hydrogens is 296 g/mol. The van der Waals surface area contributed by atoms with Gasteiger partial charge < -0.3 is 24.4 Å². The molecule has 0 unspecified atom stereocenters. The van der Waals surface area contributed by atoms with Crippen LogP contribution in [0.3, 0.4) is 0 Å². The minimum absolute atomic E-state index is 0.0230. The van der Waals surface area contributed by atoms with Gasteiger partial charge in [-0.25, -0.2) is 0 Å². The summed E-state index contributed by atoms with van der Waals surface area (Å²) in [5.41, 5.74) is 1.46. The average molecular weight is 316 g/mol. The number of benzene rings is 2. The Balaban J connectivity index is 2.22. The van der Waals surface area contributed by atoms with Crippen LogP contribution in [0.15, 0.2) is 36.4 Å². The Hall–Kier alpha value is -2.82. The lowest BCUT2D eigenvalue weighted by Crippen LogP contribution is -1.94. The van der Waals surface area contributed by atoms with Crippen molar-refractivity contribution in [3.05, 3.63) is 47.5 Å². The van der Waals surface area contributed by atoms with Crippen molar-refractivity contribution in [1.82, 2.24) is 0 Å². The summed E-state index contributed by atoms with van der Waals surface area (Å²) in [6, 6.07) is 8.53. The van der Waals surface area contributed by atoms with Gasteiger partial charge in [0.15, 0.2) is 11.5 Å². The van der Waals surface area contributed by atoms with E-state index in [-0.39, 0.29) is 11.5 Å². The van der Waals surface area contributed by atoms with Crippen LogP contribution >= 0.6 is 0 Å². The topological polar surface area (TPSA) is 68.2 Å². The number of hydrogen-bond acceptors (Lipinski definition) is 5. The van der Waals surface area contributed by atoms with Crippen molar-refractivity contribution < 1.29 is 24.4 Å². The molecule has 2 aromatic carbocycles. The van der Waals surface area contributed by atoms with Crippen LogP contribution in [0, 0.1) is 0 Å². The van der Waals surface area contributed by atoms with Gasteiger partial charge in [-0.3, -0.25) is 0 Å². The zero-order chi connectivity index (χ0) is 16.8. The average Bonchev–Trinajstić information content (AvgIpc) is 2.57. The van der Waals surface area contributed by atoms with Gasteiger partial charge in [-0.15, -0.1) is 0 Å². The highest BCUT2D eigenvalue weighted by Gasteiger charge is 2.12. The smallest absolute Gasteiger partial charge is 0.201 e. The summed E-state index contributed by atoms with van der Waals surface area (Å²) < 4.78 is 15.5. The molecule has 5 heteroatoms. The van der Waals surface area contributed by atoms with Crippen LogP contribution in [-0.2, 0) is 6.42 Å². The van der Waals surface area contributed by atoms with Crippen molar-refractivity contribution in [1.29, 1.82) is 0 Å². The van der Waals surface area contributed by atoms with E-state index in [0.29, 0.717) is 29.2 Å². The Bertz CT molecular complexity index is 707. The lowest BCUT2D eigenvalue weighted by atomic mass is 10.1. The van der Waals surface area contributed by atoms with Gasteiger partial charge in [0.2, 0.25) is 5.75 Å². The predicted octanol–water partition coefficient (Wildman–Crippen LogP) is 3.38. The maximum absolute atomic E-state index is 10.1. The minimum Gasteiger partial charge on any atom is -0.507 e. The predicted molar refractivity (Wildman–Crippen MR) is 88.6 cm³/mol. The van der Waals surface area contributed by atoms with Gasteiger partial charge in [0.05, 0.1) is 21.3 Å². The van der Waals surface area contributed by atoms with E-state index in [2.05, 4.69) is 0 Å². The maximum atomic E-state index is 10.1. The van der Waals surface area contributed by atoms with E-state index in [0.717, 1.165) is 5.56 Å². The van der Waals surface area contributed by atoms with Gasteiger partial charge in [0.1, 0.15) is 11.5 Å². The molecule has 0 bridgehead atoms. The molecule has 0 fully saturated rings. The summed E-state index contributed by atoms with van der Waals surface area (Å²) in [6.45, 7) is 0. The van der Waals surface area contributed by atoms with E-state index >= 15 is 0 Å². The second kappa shape index (κ2) is 7.45. The highest BCUT2D eigenvalue weighted by atomic mass is 16.5. The maximum Gasteiger partial charge on any atom is 0.201 e. The van der Waals surface area contributed by atoms with Crippen LogP contribution in [0.4, 0.5) is 0 Å². The third kappa shape index (κ3) is 3.69. The molecule has 2 N–H and O–H groups in total. The standard InChI is InChI=1S/C18H20O5/c1-21-14-8-9-15(19)13(11-14)6-4-5-12-7-10-16(22-2)17(20)18(12)23-3/h4,6-11,19-20H,5H2,1-3H3/b6-4+. The molecule has 0 aliphatic rings. The number of allylic oxidation sites excluding steroid dienone is 1. The molecule has 0 spiro atoms. The molecule has 0 saturated heterocycles. The normalized spacial score (nSPS) is 10.7. The molecule has 0 radical (unpaired) electrons. The number of ether oxygens (including phenoxy) is 3. The number of rotatable bonds is 6. The molecule has 2 rings (SSSR count). The summed E-state index contributed by atoms with van der Waals surface area (Å²) in [6.07, 6.45) is 4.19. The molecule has 23 heavy (non-hydrogen) atoms. The molecular formula is C18H20O5. The summed E-state index contributed by atoms with van der Waals surface area (Å²) in [5, 5.41) is 19.9. The van der Waals surface area contributed by atoms with E-state index in [4.69, 9.17) is 14.2 Å². The molecule has 122 valence electrons. The third-order valence-corrected chi connectivity index (χ3v) is 3.47. The quantitative estimate of drug-likeness (QED) is 0.855. The van der Waals surface area contributed by atoms with E-state index in [9.17, 15) is 10.2 Å². The second-order valence-electron chi connectivity index (χ2n) is 4.84. The Kier molecular flexibility index (Phi) is 5.36. The fraction of sp³-hybridized carbons (Fsp3) is 0.222. The van der Waals surface area contributed by atoms with Crippen molar-refractivity contribution in [3.8, 4) is 28.7 Å². The first-order valence-corrected chi connectivity index (χ1v) is 7.07. The van der Waals surface area contributed by atoms with Gasteiger partial charge in [-0.05, 0) is 30.7 Å². The van der Waals surface area contributed by atoms with Gasteiger partial charge in [-0.2, -0.15) is 0 Å². The SMILES string of the molecule is COc1ccc(O)c(/C=C/Cc2ccc(OC)c(O)c2OC)c1. The molecule has 5 nitrogen and oxygen atoms in total. The Morgan fingerprint density at radius 1 is 0.957 bits per heavy atom. The van der Waals surface area contributed by atoms with Crippen LogP contribution in [0.25, 0.3) is 6.08 Å². The Morgan fingerprint density at radius 2 is 1.74 bits per heavy atom. The van der Waals surface area contributed by atoms with E-state index in [1.807, 2.05) is 12.1 Å². The lowest BCUT2D eigenvalue weighted by molar-refractivity contribution is 0.338.